The lowest BCUT2D eigenvalue weighted by atomic mass is 9.79. The van der Waals surface area contributed by atoms with Crippen molar-refractivity contribution in [2.24, 2.45) is 0 Å². The Labute approximate surface area is 155 Å². The average Bonchev–Trinajstić information content (AvgIpc) is 2.56. The SMILES string of the molecule is O=C(Oc1c(Cl)cc(Cl)cc1[N+](=O)[O-])c1cc(B(O)O)cc([N+](=O)[O-])c1. The molecule has 0 bridgehead atoms. The van der Waals surface area contributed by atoms with Gasteiger partial charge in [-0.25, -0.2) is 4.79 Å². The van der Waals surface area contributed by atoms with Crippen molar-refractivity contribution in [3.8, 4) is 5.75 Å². The molecule has 13 heteroatoms. The van der Waals surface area contributed by atoms with Crippen molar-refractivity contribution in [2.75, 3.05) is 0 Å². The van der Waals surface area contributed by atoms with Gasteiger partial charge in [-0.2, -0.15) is 0 Å². The van der Waals surface area contributed by atoms with Gasteiger partial charge in [-0.1, -0.05) is 23.2 Å². The Bertz CT molecular complexity index is 921. The molecule has 0 unspecified atom stereocenters. The highest BCUT2D eigenvalue weighted by molar-refractivity contribution is 6.58. The molecule has 0 aliphatic heterocycles. The van der Waals surface area contributed by atoms with Crippen LogP contribution in [0, 0.1) is 20.2 Å². The van der Waals surface area contributed by atoms with E-state index in [9.17, 15) is 35.1 Å². The first kappa shape index (κ1) is 19.6. The molecule has 0 aliphatic rings. The van der Waals surface area contributed by atoms with Gasteiger partial charge < -0.3 is 14.8 Å². The van der Waals surface area contributed by atoms with Crippen LogP contribution in [0.1, 0.15) is 10.4 Å². The van der Waals surface area contributed by atoms with Crippen LogP contribution < -0.4 is 10.2 Å². The van der Waals surface area contributed by atoms with Crippen LogP contribution in [0.25, 0.3) is 0 Å². The number of esters is 1. The minimum Gasteiger partial charge on any atom is -0.423 e. The molecule has 0 saturated carbocycles. The van der Waals surface area contributed by atoms with Crippen molar-refractivity contribution in [2.45, 2.75) is 0 Å². The smallest absolute Gasteiger partial charge is 0.423 e. The zero-order valence-electron chi connectivity index (χ0n) is 12.5. The standard InChI is InChI=1S/C13H7BCl2N2O8/c15-8-4-10(16)12(11(5-8)18(24)25)26-13(19)6-1-7(14(20)21)3-9(2-6)17(22)23/h1-5,20-21H. The van der Waals surface area contributed by atoms with Gasteiger partial charge >= 0.3 is 18.8 Å². The normalized spacial score (nSPS) is 10.3. The molecule has 2 rings (SSSR count). The molecule has 0 radical (unpaired) electrons. The molecular weight excluding hydrogens is 394 g/mol. The van der Waals surface area contributed by atoms with Gasteiger partial charge in [0.1, 0.15) is 0 Å². The number of ether oxygens (including phenoxy) is 1. The Balaban J connectivity index is 2.49. The van der Waals surface area contributed by atoms with Gasteiger partial charge in [-0.3, -0.25) is 20.2 Å². The maximum Gasteiger partial charge on any atom is 0.488 e. The quantitative estimate of drug-likeness (QED) is 0.253. The van der Waals surface area contributed by atoms with Gasteiger partial charge in [-0.05, 0) is 17.6 Å². The number of nitro benzene ring substituents is 2. The predicted octanol–water partition coefficient (Wildman–Crippen LogP) is 1.71. The number of benzene rings is 2. The number of nitrogens with zero attached hydrogens (tertiary/aromatic N) is 2. The lowest BCUT2D eigenvalue weighted by Gasteiger charge is -2.08. The first-order valence-corrected chi connectivity index (χ1v) is 7.37. The molecule has 0 atom stereocenters. The highest BCUT2D eigenvalue weighted by Gasteiger charge is 2.26. The van der Waals surface area contributed by atoms with Crippen LogP contribution in [0.3, 0.4) is 0 Å². The van der Waals surface area contributed by atoms with Crippen LogP contribution in [0.5, 0.6) is 5.75 Å². The third kappa shape index (κ3) is 4.27. The van der Waals surface area contributed by atoms with Crippen LogP contribution in [-0.2, 0) is 0 Å². The highest BCUT2D eigenvalue weighted by atomic mass is 35.5. The number of halogens is 2. The van der Waals surface area contributed by atoms with E-state index < -0.39 is 45.6 Å². The Hall–Kier alpha value is -2.73. The van der Waals surface area contributed by atoms with E-state index in [1.165, 1.54) is 0 Å². The van der Waals surface area contributed by atoms with Gasteiger partial charge in [0.2, 0.25) is 5.75 Å². The van der Waals surface area contributed by atoms with E-state index in [0.29, 0.717) is 0 Å². The molecule has 26 heavy (non-hydrogen) atoms. The van der Waals surface area contributed by atoms with E-state index in [4.69, 9.17) is 27.9 Å². The summed E-state index contributed by atoms with van der Waals surface area (Å²) in [5, 5.41) is 39.9. The highest BCUT2D eigenvalue weighted by Crippen LogP contribution is 2.38. The van der Waals surface area contributed by atoms with E-state index >= 15 is 0 Å². The first-order valence-electron chi connectivity index (χ1n) is 6.61. The summed E-state index contributed by atoms with van der Waals surface area (Å²) >= 11 is 11.5. The minimum atomic E-state index is -2.09. The molecule has 0 aromatic heterocycles. The molecule has 2 aromatic carbocycles. The molecule has 0 heterocycles. The van der Waals surface area contributed by atoms with Gasteiger partial charge in [0.05, 0.1) is 20.4 Å². The van der Waals surface area contributed by atoms with Crippen LogP contribution >= 0.6 is 23.2 Å². The summed E-state index contributed by atoms with van der Waals surface area (Å²) in [6, 6.07) is 4.60. The van der Waals surface area contributed by atoms with E-state index in [1.54, 1.807) is 0 Å². The minimum absolute atomic E-state index is 0.0671. The molecule has 0 fully saturated rings. The van der Waals surface area contributed by atoms with E-state index in [2.05, 4.69) is 0 Å². The lowest BCUT2D eigenvalue weighted by molar-refractivity contribution is -0.385. The fraction of sp³-hybridized carbons (Fsp3) is 0. The monoisotopic (exact) mass is 400 g/mol. The maximum atomic E-state index is 12.3. The van der Waals surface area contributed by atoms with Crippen molar-refractivity contribution in [1.29, 1.82) is 0 Å². The lowest BCUT2D eigenvalue weighted by Crippen LogP contribution is -2.31. The zero-order valence-corrected chi connectivity index (χ0v) is 14.0. The molecule has 2 aromatic rings. The topological polar surface area (TPSA) is 153 Å². The fourth-order valence-electron chi connectivity index (χ4n) is 1.94. The number of rotatable bonds is 5. The molecule has 0 amide bonds. The van der Waals surface area contributed by atoms with Crippen molar-refractivity contribution in [3.63, 3.8) is 0 Å². The van der Waals surface area contributed by atoms with Crippen molar-refractivity contribution < 1.29 is 29.4 Å². The third-order valence-corrected chi connectivity index (χ3v) is 3.56. The third-order valence-electron chi connectivity index (χ3n) is 3.06. The summed E-state index contributed by atoms with van der Waals surface area (Å²) < 4.78 is 4.89. The van der Waals surface area contributed by atoms with Crippen LogP contribution in [0.2, 0.25) is 10.0 Å². The molecule has 0 saturated heterocycles. The van der Waals surface area contributed by atoms with Gasteiger partial charge in [0.25, 0.3) is 5.69 Å². The molecular formula is C13H7BCl2N2O8. The number of nitro groups is 2. The second kappa shape index (κ2) is 7.66. The number of carbonyl (C=O) groups excluding carboxylic acids is 1. The second-order valence-corrected chi connectivity index (χ2v) is 5.67. The van der Waals surface area contributed by atoms with Crippen molar-refractivity contribution >= 4 is 53.1 Å². The predicted molar refractivity (Wildman–Crippen MR) is 91.0 cm³/mol. The fourth-order valence-corrected chi connectivity index (χ4v) is 2.46. The molecule has 10 nitrogen and oxygen atoms in total. The van der Waals surface area contributed by atoms with Crippen molar-refractivity contribution in [1.82, 2.24) is 0 Å². The van der Waals surface area contributed by atoms with E-state index in [-0.39, 0.29) is 15.5 Å². The van der Waals surface area contributed by atoms with E-state index in [1.807, 2.05) is 0 Å². The zero-order chi connectivity index (χ0) is 19.6. The maximum absolute atomic E-state index is 12.3. The molecule has 0 aliphatic carbocycles. The Kier molecular flexibility index (Phi) is 5.78. The summed E-state index contributed by atoms with van der Waals surface area (Å²) in [6.45, 7) is 0. The van der Waals surface area contributed by atoms with Gasteiger partial charge in [-0.15, -0.1) is 0 Å². The van der Waals surface area contributed by atoms with Gasteiger partial charge in [0, 0.05) is 23.2 Å². The Morgan fingerprint density at radius 1 is 1.04 bits per heavy atom. The summed E-state index contributed by atoms with van der Waals surface area (Å²) in [4.78, 5) is 32.5. The van der Waals surface area contributed by atoms with Crippen LogP contribution in [-0.4, -0.2) is 33.0 Å². The second-order valence-electron chi connectivity index (χ2n) is 4.83. The van der Waals surface area contributed by atoms with Crippen molar-refractivity contribution in [3.05, 3.63) is 66.2 Å². The van der Waals surface area contributed by atoms with Gasteiger partial charge in [0.15, 0.2) is 0 Å². The Morgan fingerprint density at radius 3 is 2.23 bits per heavy atom. The Morgan fingerprint density at radius 2 is 1.69 bits per heavy atom. The summed E-state index contributed by atoms with van der Waals surface area (Å²) in [6.07, 6.45) is 0. The first-order chi connectivity index (χ1) is 12.1. The molecule has 2 N–H and O–H groups in total. The summed E-state index contributed by atoms with van der Waals surface area (Å²) in [7, 11) is -2.09. The van der Waals surface area contributed by atoms with Crippen LogP contribution in [0.4, 0.5) is 11.4 Å². The largest absolute Gasteiger partial charge is 0.488 e. The van der Waals surface area contributed by atoms with Crippen LogP contribution in [0.15, 0.2) is 30.3 Å². The summed E-state index contributed by atoms with van der Waals surface area (Å²) in [5.74, 6) is -1.84. The molecule has 0 spiro atoms. The number of carbonyl (C=O) groups is 1. The van der Waals surface area contributed by atoms with E-state index in [0.717, 1.165) is 30.3 Å². The summed E-state index contributed by atoms with van der Waals surface area (Å²) in [5.41, 5.74) is -2.09. The number of hydrogen-bond acceptors (Lipinski definition) is 8. The number of non-ortho nitro benzene ring substituents is 1. The number of hydrogen-bond donors (Lipinski definition) is 2. The molecule has 134 valence electrons. The average molecular weight is 401 g/mol.